The first-order valence-corrected chi connectivity index (χ1v) is 6.03. The van der Waals surface area contributed by atoms with Crippen LogP contribution < -0.4 is 0 Å². The molecule has 94 valence electrons. The molecule has 0 aromatic heterocycles. The van der Waals surface area contributed by atoms with E-state index in [9.17, 15) is 4.79 Å². The maximum atomic E-state index is 11.2. The van der Waals surface area contributed by atoms with Crippen molar-refractivity contribution in [3.63, 3.8) is 0 Å². The van der Waals surface area contributed by atoms with E-state index in [1.807, 2.05) is 0 Å². The van der Waals surface area contributed by atoms with E-state index < -0.39 is 0 Å². The molecule has 1 heterocycles. The van der Waals surface area contributed by atoms with Crippen LogP contribution in [0.3, 0.4) is 0 Å². The number of hydrogen-bond acceptors (Lipinski definition) is 3. The summed E-state index contributed by atoms with van der Waals surface area (Å²) in [4.78, 5) is 15.4. The summed E-state index contributed by atoms with van der Waals surface area (Å²) in [6.45, 7) is 10.9. The average Bonchev–Trinajstić information content (AvgIpc) is 2.25. The zero-order chi connectivity index (χ0) is 12.2. The molecule has 1 aliphatic rings. The van der Waals surface area contributed by atoms with Gasteiger partial charge in [0.25, 0.3) is 0 Å². The first-order chi connectivity index (χ1) is 7.42. The summed E-state index contributed by atoms with van der Waals surface area (Å²) in [5.74, 6) is -0.143. The van der Waals surface area contributed by atoms with Crippen LogP contribution in [-0.2, 0) is 4.79 Å². The molecule has 0 spiro atoms. The van der Waals surface area contributed by atoms with Crippen molar-refractivity contribution in [1.29, 1.82) is 0 Å². The third-order valence-electron chi connectivity index (χ3n) is 3.04. The average molecular weight is 228 g/mol. The molecule has 0 aromatic rings. The number of carbonyl (C=O) groups is 1. The number of nitrogens with zero attached hydrogens (tertiary/aromatic N) is 2. The summed E-state index contributed by atoms with van der Waals surface area (Å²) in [6, 6.07) is 0. The fourth-order valence-corrected chi connectivity index (χ4v) is 1.81. The van der Waals surface area contributed by atoms with Crippen molar-refractivity contribution in [3.05, 3.63) is 0 Å². The predicted octanol–water partition coefficient (Wildman–Crippen LogP) is 0.559. The number of hydrogen-bond donors (Lipinski definition) is 1. The summed E-state index contributed by atoms with van der Waals surface area (Å²) >= 11 is 0. The lowest BCUT2D eigenvalue weighted by molar-refractivity contribution is -0.135. The summed E-state index contributed by atoms with van der Waals surface area (Å²) in [6.07, 6.45) is 1.18. The summed E-state index contributed by atoms with van der Waals surface area (Å²) < 4.78 is 0. The van der Waals surface area contributed by atoms with Crippen LogP contribution in [0.5, 0.6) is 0 Å². The normalized spacial score (nSPS) is 18.9. The molecule has 4 heteroatoms. The third-order valence-corrected chi connectivity index (χ3v) is 3.04. The first kappa shape index (κ1) is 13.5. The Hall–Kier alpha value is -0.610. The van der Waals surface area contributed by atoms with E-state index in [1.165, 1.54) is 6.42 Å². The van der Waals surface area contributed by atoms with E-state index in [0.717, 1.165) is 32.7 Å². The van der Waals surface area contributed by atoms with Crippen molar-refractivity contribution in [2.45, 2.75) is 27.2 Å². The maximum absolute atomic E-state index is 11.2. The number of carbonyl (C=O) groups excluding carboxylic acids is 1. The number of aliphatic hydroxyl groups excluding tert-OH is 1. The van der Waals surface area contributed by atoms with Crippen LogP contribution in [-0.4, -0.2) is 60.1 Å². The number of piperazine rings is 1. The lowest BCUT2D eigenvalue weighted by atomic mass is 9.92. The lowest BCUT2D eigenvalue weighted by Gasteiger charge is -2.35. The molecule has 16 heavy (non-hydrogen) atoms. The Balaban J connectivity index is 2.24. The minimum absolute atomic E-state index is 0.143. The van der Waals surface area contributed by atoms with Gasteiger partial charge < -0.3 is 10.0 Å². The van der Waals surface area contributed by atoms with Gasteiger partial charge in [-0.3, -0.25) is 9.69 Å². The van der Waals surface area contributed by atoms with E-state index in [0.29, 0.717) is 5.41 Å². The van der Waals surface area contributed by atoms with Gasteiger partial charge in [-0.25, -0.2) is 0 Å². The highest BCUT2D eigenvalue weighted by Crippen LogP contribution is 2.19. The molecule has 0 unspecified atom stereocenters. The number of amides is 1. The van der Waals surface area contributed by atoms with Crippen LogP contribution in [0, 0.1) is 5.41 Å². The van der Waals surface area contributed by atoms with E-state index >= 15 is 0 Å². The van der Waals surface area contributed by atoms with Gasteiger partial charge in [0.1, 0.15) is 6.61 Å². The van der Waals surface area contributed by atoms with Gasteiger partial charge in [0.15, 0.2) is 0 Å². The largest absolute Gasteiger partial charge is 0.387 e. The highest BCUT2D eigenvalue weighted by atomic mass is 16.3. The highest BCUT2D eigenvalue weighted by molar-refractivity contribution is 5.77. The Labute approximate surface area is 98.2 Å². The Morgan fingerprint density at radius 3 is 2.19 bits per heavy atom. The Kier molecular flexibility index (Phi) is 4.74. The predicted molar refractivity (Wildman–Crippen MR) is 64.2 cm³/mol. The molecule has 0 saturated carbocycles. The van der Waals surface area contributed by atoms with Gasteiger partial charge >= 0.3 is 0 Å². The number of aliphatic hydroxyl groups is 1. The second-order valence-corrected chi connectivity index (χ2v) is 5.69. The van der Waals surface area contributed by atoms with Gasteiger partial charge in [-0.2, -0.15) is 0 Å². The van der Waals surface area contributed by atoms with Crippen molar-refractivity contribution in [2.24, 2.45) is 5.41 Å². The molecule has 1 amide bonds. The van der Waals surface area contributed by atoms with Crippen LogP contribution in [0.15, 0.2) is 0 Å². The molecule has 0 aromatic carbocycles. The first-order valence-electron chi connectivity index (χ1n) is 6.03. The third kappa shape index (κ3) is 4.49. The standard InChI is InChI=1S/C12H24N2O2/c1-12(2,3)4-5-13-6-8-14(9-7-13)11(16)10-15/h15H,4-10H2,1-3H3. The van der Waals surface area contributed by atoms with Crippen LogP contribution in [0.2, 0.25) is 0 Å². The summed E-state index contributed by atoms with van der Waals surface area (Å²) in [5, 5.41) is 8.76. The number of rotatable bonds is 3. The zero-order valence-electron chi connectivity index (χ0n) is 10.7. The molecule has 1 rings (SSSR count). The molecule has 1 saturated heterocycles. The van der Waals surface area contributed by atoms with Crippen molar-refractivity contribution in [1.82, 2.24) is 9.80 Å². The fraction of sp³-hybridized carbons (Fsp3) is 0.917. The van der Waals surface area contributed by atoms with Gasteiger partial charge in [-0.15, -0.1) is 0 Å². The molecule has 1 aliphatic heterocycles. The molecule has 0 atom stereocenters. The van der Waals surface area contributed by atoms with E-state index in [-0.39, 0.29) is 12.5 Å². The van der Waals surface area contributed by atoms with Gasteiger partial charge in [0.05, 0.1) is 0 Å². The van der Waals surface area contributed by atoms with Crippen LogP contribution in [0.4, 0.5) is 0 Å². The van der Waals surface area contributed by atoms with E-state index in [4.69, 9.17) is 5.11 Å². The molecule has 0 radical (unpaired) electrons. The van der Waals surface area contributed by atoms with Gasteiger partial charge in [-0.1, -0.05) is 20.8 Å². The van der Waals surface area contributed by atoms with E-state index in [1.54, 1.807) is 4.90 Å². The molecule has 4 nitrogen and oxygen atoms in total. The van der Waals surface area contributed by atoms with Crippen LogP contribution in [0.25, 0.3) is 0 Å². The highest BCUT2D eigenvalue weighted by Gasteiger charge is 2.21. The van der Waals surface area contributed by atoms with Crippen LogP contribution >= 0.6 is 0 Å². The Bertz CT molecular complexity index is 228. The maximum Gasteiger partial charge on any atom is 0.248 e. The second-order valence-electron chi connectivity index (χ2n) is 5.69. The van der Waals surface area contributed by atoms with E-state index in [2.05, 4.69) is 25.7 Å². The van der Waals surface area contributed by atoms with Gasteiger partial charge in [0, 0.05) is 26.2 Å². The quantitative estimate of drug-likeness (QED) is 0.767. The minimum atomic E-state index is -0.359. The van der Waals surface area contributed by atoms with Crippen molar-refractivity contribution < 1.29 is 9.90 Å². The topological polar surface area (TPSA) is 43.8 Å². The molecule has 1 N–H and O–H groups in total. The van der Waals surface area contributed by atoms with Gasteiger partial charge in [0.2, 0.25) is 5.91 Å². The molecule has 0 bridgehead atoms. The molecular formula is C12H24N2O2. The monoisotopic (exact) mass is 228 g/mol. The molecular weight excluding hydrogens is 204 g/mol. The summed E-state index contributed by atoms with van der Waals surface area (Å²) in [5.41, 5.74) is 0.373. The second kappa shape index (κ2) is 5.64. The Morgan fingerprint density at radius 2 is 1.75 bits per heavy atom. The fourth-order valence-electron chi connectivity index (χ4n) is 1.81. The summed E-state index contributed by atoms with van der Waals surface area (Å²) in [7, 11) is 0. The minimum Gasteiger partial charge on any atom is -0.387 e. The SMILES string of the molecule is CC(C)(C)CCN1CCN(C(=O)CO)CC1. The Morgan fingerprint density at radius 1 is 1.19 bits per heavy atom. The van der Waals surface area contributed by atoms with Crippen LogP contribution in [0.1, 0.15) is 27.2 Å². The van der Waals surface area contributed by atoms with Gasteiger partial charge in [-0.05, 0) is 18.4 Å². The molecule has 1 fully saturated rings. The van der Waals surface area contributed by atoms with Crippen molar-refractivity contribution >= 4 is 5.91 Å². The van der Waals surface area contributed by atoms with Crippen molar-refractivity contribution in [2.75, 3.05) is 39.3 Å². The molecule has 0 aliphatic carbocycles. The zero-order valence-corrected chi connectivity index (χ0v) is 10.7. The smallest absolute Gasteiger partial charge is 0.248 e. The lowest BCUT2D eigenvalue weighted by Crippen LogP contribution is -2.49. The van der Waals surface area contributed by atoms with Crippen molar-refractivity contribution in [3.8, 4) is 0 Å².